The molecule has 0 saturated carbocycles. The first-order valence-corrected chi connectivity index (χ1v) is 8.84. The van der Waals surface area contributed by atoms with Crippen LogP contribution in [-0.4, -0.2) is 42.5 Å². The van der Waals surface area contributed by atoms with Crippen LogP contribution in [0.25, 0.3) is 0 Å². The lowest BCUT2D eigenvalue weighted by Crippen LogP contribution is -2.48. The lowest BCUT2D eigenvalue weighted by atomic mass is 9.97. The van der Waals surface area contributed by atoms with Crippen molar-refractivity contribution in [3.05, 3.63) is 28.2 Å². The molecule has 1 aromatic carbocycles. The van der Waals surface area contributed by atoms with Crippen molar-refractivity contribution in [3.8, 4) is 0 Å². The van der Waals surface area contributed by atoms with Gasteiger partial charge in [-0.25, -0.2) is 0 Å². The first-order valence-electron chi connectivity index (χ1n) is 8.09. The summed E-state index contributed by atoms with van der Waals surface area (Å²) in [5, 5.41) is 3.74. The number of carbonyl (C=O) groups excluding carboxylic acids is 2. The van der Waals surface area contributed by atoms with Crippen molar-refractivity contribution in [1.82, 2.24) is 4.90 Å². The van der Waals surface area contributed by atoms with Gasteiger partial charge in [-0.3, -0.25) is 14.5 Å². The topological polar surface area (TPSA) is 58.6 Å². The summed E-state index contributed by atoms with van der Waals surface area (Å²) in [5.74, 6) is -0.542. The molecular weight excluding hydrogens is 351 g/mol. The second-order valence-corrected chi connectivity index (χ2v) is 6.72. The van der Waals surface area contributed by atoms with Crippen LogP contribution in [0, 0.1) is 5.92 Å². The summed E-state index contributed by atoms with van der Waals surface area (Å²) in [5.41, 5.74) is 0.486. The molecule has 1 fully saturated rings. The Balaban J connectivity index is 1.99. The minimum atomic E-state index is -0.378. The molecule has 0 unspecified atom stereocenters. The van der Waals surface area contributed by atoms with Crippen LogP contribution in [0.4, 0.5) is 5.69 Å². The van der Waals surface area contributed by atoms with E-state index >= 15 is 0 Å². The van der Waals surface area contributed by atoms with Gasteiger partial charge in [0, 0.05) is 11.6 Å². The zero-order chi connectivity index (χ0) is 17.7. The Morgan fingerprint density at radius 3 is 2.88 bits per heavy atom. The van der Waals surface area contributed by atoms with Gasteiger partial charge in [-0.2, -0.15) is 0 Å². The van der Waals surface area contributed by atoms with Crippen LogP contribution in [-0.2, 0) is 14.3 Å². The smallest absolute Gasteiger partial charge is 0.310 e. The highest BCUT2D eigenvalue weighted by Gasteiger charge is 2.31. The van der Waals surface area contributed by atoms with Crippen LogP contribution in [0.5, 0.6) is 0 Å². The van der Waals surface area contributed by atoms with Crippen molar-refractivity contribution < 1.29 is 14.3 Å². The second-order valence-electron chi connectivity index (χ2n) is 5.88. The summed E-state index contributed by atoms with van der Waals surface area (Å²) in [6.07, 6.45) is 1.66. The number of carbonyl (C=O) groups is 2. The largest absolute Gasteiger partial charge is 0.466 e. The molecule has 7 heteroatoms. The number of hydrogen-bond acceptors (Lipinski definition) is 4. The Morgan fingerprint density at radius 2 is 2.17 bits per heavy atom. The first kappa shape index (κ1) is 19.0. The van der Waals surface area contributed by atoms with Gasteiger partial charge in [-0.1, -0.05) is 23.2 Å². The number of benzene rings is 1. The number of piperidine rings is 1. The average Bonchev–Trinajstić information content (AvgIpc) is 2.57. The van der Waals surface area contributed by atoms with Gasteiger partial charge in [-0.15, -0.1) is 0 Å². The van der Waals surface area contributed by atoms with Crippen molar-refractivity contribution in [1.29, 1.82) is 0 Å². The van der Waals surface area contributed by atoms with E-state index in [0.717, 1.165) is 19.4 Å². The van der Waals surface area contributed by atoms with Gasteiger partial charge < -0.3 is 10.1 Å². The number of nitrogens with one attached hydrogen (secondary N) is 1. The van der Waals surface area contributed by atoms with Gasteiger partial charge in [0.2, 0.25) is 5.91 Å². The van der Waals surface area contributed by atoms with Crippen molar-refractivity contribution in [2.24, 2.45) is 5.92 Å². The Bertz CT molecular complexity index is 609. The molecule has 1 N–H and O–H groups in total. The third kappa shape index (κ3) is 4.85. The molecule has 1 aliphatic rings. The van der Waals surface area contributed by atoms with Crippen LogP contribution in [0.2, 0.25) is 10.0 Å². The van der Waals surface area contributed by atoms with E-state index in [4.69, 9.17) is 27.9 Å². The van der Waals surface area contributed by atoms with E-state index in [0.29, 0.717) is 28.9 Å². The van der Waals surface area contributed by atoms with Crippen molar-refractivity contribution in [2.45, 2.75) is 32.7 Å². The van der Waals surface area contributed by atoms with Crippen molar-refractivity contribution in [2.75, 3.05) is 25.0 Å². The number of ether oxygens (including phenoxy) is 1. The van der Waals surface area contributed by atoms with Crippen molar-refractivity contribution >= 4 is 40.8 Å². The summed E-state index contributed by atoms with van der Waals surface area (Å²) in [4.78, 5) is 26.4. The minimum absolute atomic E-state index is 0.177. The fourth-order valence-electron chi connectivity index (χ4n) is 2.81. The predicted molar refractivity (Wildman–Crippen MR) is 95.5 cm³/mol. The van der Waals surface area contributed by atoms with E-state index in [2.05, 4.69) is 5.32 Å². The van der Waals surface area contributed by atoms with E-state index in [1.165, 1.54) is 0 Å². The van der Waals surface area contributed by atoms with E-state index in [9.17, 15) is 9.59 Å². The minimum Gasteiger partial charge on any atom is -0.466 e. The maximum Gasteiger partial charge on any atom is 0.310 e. The Morgan fingerprint density at radius 1 is 1.42 bits per heavy atom. The molecule has 0 spiro atoms. The lowest BCUT2D eigenvalue weighted by Gasteiger charge is -2.35. The standard InChI is InChI=1S/C17H22Cl2N2O3/c1-3-24-17(23)12-5-4-8-21(10-12)11(2)16(22)20-15-9-13(18)6-7-14(15)19/h6-7,9,11-12H,3-5,8,10H2,1-2H3,(H,20,22)/t11-,12-/m0/s1. The van der Waals surface area contributed by atoms with Gasteiger partial charge >= 0.3 is 5.97 Å². The highest BCUT2D eigenvalue weighted by molar-refractivity contribution is 6.35. The summed E-state index contributed by atoms with van der Waals surface area (Å²) >= 11 is 12.0. The fraction of sp³-hybridized carbons (Fsp3) is 0.529. The monoisotopic (exact) mass is 372 g/mol. The summed E-state index contributed by atoms with van der Waals surface area (Å²) in [7, 11) is 0. The SMILES string of the molecule is CCOC(=O)[C@H]1CCCN([C@@H](C)C(=O)Nc2cc(Cl)ccc2Cl)C1. The number of halogens is 2. The van der Waals surface area contributed by atoms with E-state index < -0.39 is 0 Å². The molecular formula is C17H22Cl2N2O3. The highest BCUT2D eigenvalue weighted by Crippen LogP contribution is 2.26. The Hall–Kier alpha value is -1.30. The highest BCUT2D eigenvalue weighted by atomic mass is 35.5. The fourth-order valence-corrected chi connectivity index (χ4v) is 3.14. The molecule has 2 rings (SSSR count). The van der Waals surface area contributed by atoms with Crippen LogP contribution in [0.15, 0.2) is 18.2 Å². The third-order valence-corrected chi connectivity index (χ3v) is 4.75. The predicted octanol–water partition coefficient (Wildman–Crippen LogP) is 3.60. The molecule has 0 radical (unpaired) electrons. The zero-order valence-corrected chi connectivity index (χ0v) is 15.4. The van der Waals surface area contributed by atoms with Crippen LogP contribution < -0.4 is 5.32 Å². The molecule has 0 aliphatic carbocycles. The maximum atomic E-state index is 12.5. The normalized spacial score (nSPS) is 19.6. The number of hydrogen-bond donors (Lipinski definition) is 1. The second kappa shape index (κ2) is 8.70. The van der Waals surface area contributed by atoms with Gasteiger partial charge in [0.1, 0.15) is 0 Å². The molecule has 1 saturated heterocycles. The molecule has 0 aromatic heterocycles. The number of likely N-dealkylation sites (tertiary alicyclic amines) is 1. The van der Waals surface area contributed by atoms with Crippen LogP contribution in [0.1, 0.15) is 26.7 Å². The molecule has 2 atom stereocenters. The quantitative estimate of drug-likeness (QED) is 0.802. The van der Waals surface area contributed by atoms with E-state index in [1.807, 2.05) is 11.8 Å². The van der Waals surface area contributed by atoms with E-state index in [-0.39, 0.29) is 23.8 Å². The molecule has 1 amide bonds. The average molecular weight is 373 g/mol. The third-order valence-electron chi connectivity index (χ3n) is 4.19. The summed E-state index contributed by atoms with van der Waals surface area (Å²) in [6.45, 7) is 5.29. The molecule has 24 heavy (non-hydrogen) atoms. The molecule has 1 heterocycles. The van der Waals surface area contributed by atoms with Gasteiger partial charge in [-0.05, 0) is 51.4 Å². The maximum absolute atomic E-state index is 12.5. The first-order chi connectivity index (χ1) is 11.4. The number of anilines is 1. The summed E-state index contributed by atoms with van der Waals surface area (Å²) in [6, 6.07) is 4.54. The lowest BCUT2D eigenvalue weighted by molar-refractivity contribution is -0.150. The zero-order valence-electron chi connectivity index (χ0n) is 13.9. The number of rotatable bonds is 5. The van der Waals surface area contributed by atoms with Gasteiger partial charge in [0.25, 0.3) is 0 Å². The van der Waals surface area contributed by atoms with Crippen molar-refractivity contribution in [3.63, 3.8) is 0 Å². The Labute approximate surface area is 152 Å². The van der Waals surface area contributed by atoms with Crippen LogP contribution >= 0.6 is 23.2 Å². The molecule has 132 valence electrons. The number of esters is 1. The summed E-state index contributed by atoms with van der Waals surface area (Å²) < 4.78 is 5.10. The van der Waals surface area contributed by atoms with Gasteiger partial charge in [0.15, 0.2) is 0 Å². The number of nitrogens with zero attached hydrogens (tertiary/aromatic N) is 1. The van der Waals surface area contributed by atoms with Gasteiger partial charge in [0.05, 0.1) is 29.3 Å². The number of amides is 1. The molecule has 1 aromatic rings. The van der Waals surface area contributed by atoms with Crippen LogP contribution in [0.3, 0.4) is 0 Å². The Kier molecular flexibility index (Phi) is 6.90. The molecule has 5 nitrogen and oxygen atoms in total. The molecule has 0 bridgehead atoms. The van der Waals surface area contributed by atoms with E-state index in [1.54, 1.807) is 25.1 Å². The molecule has 1 aliphatic heterocycles.